The average molecular weight is 545 g/mol. The molecular formula is C29H37ClN2O4S. The topological polar surface area (TPSA) is 89.7 Å². The number of carbonyl (C=O) groups is 1. The molecule has 8 heteroatoms. The summed E-state index contributed by atoms with van der Waals surface area (Å²) in [6.45, 7) is 9.91. The molecule has 200 valence electrons. The first kappa shape index (κ1) is 31.9. The minimum atomic E-state index is -3.31. The van der Waals surface area contributed by atoms with Gasteiger partial charge in [0.2, 0.25) is 0 Å². The van der Waals surface area contributed by atoms with Crippen LogP contribution in [-0.2, 0) is 19.4 Å². The lowest BCUT2D eigenvalue weighted by molar-refractivity contribution is -0.139. The second kappa shape index (κ2) is 15.2. The largest absolute Gasteiger partial charge is 0.469 e. The lowest BCUT2D eigenvalue weighted by atomic mass is 10.0. The molecule has 0 amide bonds. The Hall–Kier alpha value is -3.13. The number of esters is 1. The SMILES string of the molecule is CC.CC.COC(=O)C/C=C(/c1ccccc1Cl)N(N)c1ccc(-c2cccc(S(C)(=O)=O)c2)cc1C. The van der Waals surface area contributed by atoms with Crippen molar-refractivity contribution in [2.75, 3.05) is 18.4 Å². The van der Waals surface area contributed by atoms with Crippen molar-refractivity contribution in [1.29, 1.82) is 0 Å². The van der Waals surface area contributed by atoms with Crippen molar-refractivity contribution < 1.29 is 17.9 Å². The highest BCUT2D eigenvalue weighted by molar-refractivity contribution is 7.90. The van der Waals surface area contributed by atoms with Crippen molar-refractivity contribution in [3.05, 3.63) is 89.0 Å². The van der Waals surface area contributed by atoms with Gasteiger partial charge in [-0.15, -0.1) is 0 Å². The molecular weight excluding hydrogens is 508 g/mol. The quantitative estimate of drug-likeness (QED) is 0.194. The number of methoxy groups -OCH3 is 1. The number of hydrazine groups is 1. The Bertz CT molecular complexity index is 1320. The predicted octanol–water partition coefficient (Wildman–Crippen LogP) is 7.06. The number of nitrogens with zero attached hydrogens (tertiary/aromatic N) is 1. The zero-order valence-corrected chi connectivity index (χ0v) is 24.2. The van der Waals surface area contributed by atoms with Crippen LogP contribution in [0.1, 0.15) is 45.2 Å². The maximum Gasteiger partial charge on any atom is 0.309 e. The minimum Gasteiger partial charge on any atom is -0.469 e. The lowest BCUT2D eigenvalue weighted by Crippen LogP contribution is -2.30. The second-order valence-electron chi connectivity index (χ2n) is 7.52. The summed E-state index contributed by atoms with van der Waals surface area (Å²) in [7, 11) is -1.99. The molecule has 2 N–H and O–H groups in total. The lowest BCUT2D eigenvalue weighted by Gasteiger charge is -2.25. The Morgan fingerprint density at radius 2 is 1.59 bits per heavy atom. The van der Waals surface area contributed by atoms with E-state index < -0.39 is 15.8 Å². The number of hydrogen-bond acceptors (Lipinski definition) is 6. The molecule has 0 unspecified atom stereocenters. The van der Waals surface area contributed by atoms with E-state index in [4.69, 9.17) is 22.2 Å². The fraction of sp³-hybridized carbons (Fsp3) is 0.276. The van der Waals surface area contributed by atoms with Crippen molar-refractivity contribution >= 4 is 38.8 Å². The number of ether oxygens (including phenoxy) is 1. The molecule has 0 aliphatic heterocycles. The molecule has 0 saturated carbocycles. The number of carbonyl (C=O) groups excluding carboxylic acids is 1. The molecule has 0 atom stereocenters. The summed E-state index contributed by atoms with van der Waals surface area (Å²) in [5.74, 6) is 6.12. The minimum absolute atomic E-state index is 0.0279. The van der Waals surface area contributed by atoms with Gasteiger partial charge in [-0.2, -0.15) is 0 Å². The number of sulfone groups is 1. The molecule has 3 rings (SSSR count). The van der Waals surface area contributed by atoms with Crippen molar-refractivity contribution in [3.63, 3.8) is 0 Å². The van der Waals surface area contributed by atoms with Gasteiger partial charge in [0.05, 0.1) is 29.8 Å². The zero-order chi connectivity index (χ0) is 28.2. The van der Waals surface area contributed by atoms with Crippen molar-refractivity contribution in [3.8, 4) is 11.1 Å². The molecule has 0 saturated heterocycles. The van der Waals surface area contributed by atoms with Crippen LogP contribution in [0.4, 0.5) is 5.69 Å². The number of anilines is 1. The summed E-state index contributed by atoms with van der Waals surface area (Å²) in [5, 5.41) is 1.98. The van der Waals surface area contributed by atoms with Gasteiger partial charge in [-0.1, -0.05) is 75.7 Å². The summed E-state index contributed by atoms with van der Waals surface area (Å²) < 4.78 is 28.6. The van der Waals surface area contributed by atoms with Crippen LogP contribution < -0.4 is 10.9 Å². The highest BCUT2D eigenvalue weighted by atomic mass is 35.5. The first-order valence-corrected chi connectivity index (χ1v) is 14.4. The third kappa shape index (κ3) is 8.74. The van der Waals surface area contributed by atoms with Crippen LogP contribution in [0.5, 0.6) is 0 Å². The van der Waals surface area contributed by atoms with Crippen LogP contribution in [0.3, 0.4) is 0 Å². The van der Waals surface area contributed by atoms with Gasteiger partial charge >= 0.3 is 5.97 Å². The standard InChI is InChI=1S/C25H25ClN2O4S.2C2H6/c1-17-15-19(18-7-6-8-20(16-18)33(3,30)31)11-12-23(17)28(27)24(13-14-25(29)32-2)21-9-4-5-10-22(21)26;2*1-2/h4-13,15-16H,14,27H2,1-3H3;2*1-2H3/b24-13-;;. The third-order valence-corrected chi connectivity index (χ3v) is 6.59. The van der Waals surface area contributed by atoms with E-state index in [-0.39, 0.29) is 11.3 Å². The Kier molecular flexibility index (Phi) is 13.1. The van der Waals surface area contributed by atoms with Crippen LogP contribution in [0.15, 0.2) is 77.7 Å². The third-order valence-electron chi connectivity index (χ3n) is 5.15. The molecule has 0 bridgehead atoms. The number of halogens is 1. The summed E-state index contributed by atoms with van der Waals surface area (Å²) in [4.78, 5) is 12.0. The van der Waals surface area contributed by atoms with Crippen molar-refractivity contribution in [2.45, 2.75) is 45.9 Å². The molecule has 0 aliphatic rings. The summed E-state index contributed by atoms with van der Waals surface area (Å²) >= 11 is 6.41. The van der Waals surface area contributed by atoms with E-state index in [1.807, 2.05) is 77.1 Å². The maximum atomic E-state index is 11.9. The predicted molar refractivity (Wildman–Crippen MR) is 155 cm³/mol. The fourth-order valence-electron chi connectivity index (χ4n) is 3.41. The molecule has 0 aliphatic carbocycles. The van der Waals surface area contributed by atoms with Crippen LogP contribution >= 0.6 is 11.6 Å². The van der Waals surface area contributed by atoms with Crippen molar-refractivity contribution in [1.82, 2.24) is 0 Å². The molecule has 0 fully saturated rings. The van der Waals surface area contributed by atoms with Gasteiger partial charge in [0.25, 0.3) is 0 Å². The molecule has 6 nitrogen and oxygen atoms in total. The molecule has 3 aromatic carbocycles. The van der Waals surface area contributed by atoms with E-state index in [1.165, 1.54) is 18.4 Å². The van der Waals surface area contributed by atoms with Gasteiger partial charge in [0.1, 0.15) is 0 Å². The zero-order valence-electron chi connectivity index (χ0n) is 22.6. The van der Waals surface area contributed by atoms with E-state index in [1.54, 1.807) is 30.3 Å². The van der Waals surface area contributed by atoms with Gasteiger partial charge in [-0.05, 0) is 60.0 Å². The van der Waals surface area contributed by atoms with Gasteiger partial charge in [0, 0.05) is 16.8 Å². The number of aryl methyl sites for hydroxylation is 1. The number of rotatable bonds is 7. The van der Waals surface area contributed by atoms with Crippen molar-refractivity contribution in [2.24, 2.45) is 5.84 Å². The summed E-state index contributed by atoms with van der Waals surface area (Å²) in [6, 6.07) is 19.7. The Morgan fingerprint density at radius 3 is 2.16 bits per heavy atom. The highest BCUT2D eigenvalue weighted by Crippen LogP contribution is 2.33. The van der Waals surface area contributed by atoms with Gasteiger partial charge in [-0.3, -0.25) is 9.80 Å². The highest BCUT2D eigenvalue weighted by Gasteiger charge is 2.17. The molecule has 0 heterocycles. The monoisotopic (exact) mass is 544 g/mol. The molecule has 0 radical (unpaired) electrons. The first-order chi connectivity index (χ1) is 17.6. The van der Waals surface area contributed by atoms with Gasteiger partial charge in [-0.25, -0.2) is 14.3 Å². The van der Waals surface area contributed by atoms with E-state index in [0.29, 0.717) is 22.0 Å². The van der Waals surface area contributed by atoms with Crippen LogP contribution in [0, 0.1) is 6.92 Å². The van der Waals surface area contributed by atoms with Gasteiger partial charge in [0.15, 0.2) is 9.84 Å². The Morgan fingerprint density at radius 1 is 0.973 bits per heavy atom. The number of benzene rings is 3. The van der Waals surface area contributed by atoms with Crippen LogP contribution in [-0.4, -0.2) is 27.8 Å². The Balaban J connectivity index is 0.00000163. The van der Waals surface area contributed by atoms with Gasteiger partial charge < -0.3 is 4.74 Å². The maximum absolute atomic E-state index is 11.9. The smallest absolute Gasteiger partial charge is 0.309 e. The normalized spacial score (nSPS) is 10.9. The summed E-state index contributed by atoms with van der Waals surface area (Å²) in [6.07, 6.45) is 2.89. The van der Waals surface area contributed by atoms with E-state index in [9.17, 15) is 13.2 Å². The second-order valence-corrected chi connectivity index (χ2v) is 9.94. The van der Waals surface area contributed by atoms with Crippen LogP contribution in [0.25, 0.3) is 16.8 Å². The molecule has 0 spiro atoms. The number of nitrogens with two attached hydrogens (primary N) is 1. The van der Waals surface area contributed by atoms with E-state index in [0.717, 1.165) is 16.7 Å². The Labute approximate surface area is 226 Å². The molecule has 3 aromatic rings. The first-order valence-electron chi connectivity index (χ1n) is 12.1. The molecule has 0 aromatic heterocycles. The average Bonchev–Trinajstić information content (AvgIpc) is 2.91. The summed E-state index contributed by atoms with van der Waals surface area (Å²) in [5.41, 5.74) is 4.43. The van der Waals surface area contributed by atoms with E-state index in [2.05, 4.69) is 0 Å². The van der Waals surface area contributed by atoms with Crippen LogP contribution in [0.2, 0.25) is 5.02 Å². The molecule has 37 heavy (non-hydrogen) atoms. The van der Waals surface area contributed by atoms with E-state index >= 15 is 0 Å². The fourth-order valence-corrected chi connectivity index (χ4v) is 4.31. The number of hydrogen-bond donors (Lipinski definition) is 1.